The zero-order chi connectivity index (χ0) is 17.5. The van der Waals surface area contributed by atoms with Crippen molar-refractivity contribution in [1.29, 1.82) is 0 Å². The Balaban J connectivity index is 1.86. The van der Waals surface area contributed by atoms with Gasteiger partial charge in [-0.3, -0.25) is 9.59 Å². The summed E-state index contributed by atoms with van der Waals surface area (Å²) in [6.07, 6.45) is 0.413. The minimum atomic E-state index is -0.290. The Hall–Kier alpha value is -2.05. The molecule has 5 nitrogen and oxygen atoms in total. The fourth-order valence-corrected chi connectivity index (χ4v) is 2.62. The Morgan fingerprint density at radius 1 is 1.04 bits per heavy atom. The van der Waals surface area contributed by atoms with Crippen molar-refractivity contribution in [2.24, 2.45) is 0 Å². The molecule has 0 aliphatic carbocycles. The first-order valence-corrected chi connectivity index (χ1v) is 8.42. The summed E-state index contributed by atoms with van der Waals surface area (Å²) >= 11 is 9.17. The highest BCUT2D eigenvalue weighted by Crippen LogP contribution is 2.27. The quantitative estimate of drug-likeness (QED) is 0.737. The van der Waals surface area contributed by atoms with Crippen LogP contribution in [0.1, 0.15) is 13.3 Å². The molecule has 0 atom stereocenters. The van der Waals surface area contributed by atoms with Crippen LogP contribution in [0.15, 0.2) is 46.9 Å². The van der Waals surface area contributed by atoms with Crippen LogP contribution >= 0.6 is 27.5 Å². The average Bonchev–Trinajstić information content (AvgIpc) is 2.55. The van der Waals surface area contributed by atoms with Gasteiger partial charge in [-0.15, -0.1) is 0 Å². The molecule has 2 rings (SSSR count). The second-order valence-corrected chi connectivity index (χ2v) is 6.18. The fourth-order valence-electron chi connectivity index (χ4n) is 1.82. The second-order valence-electron chi connectivity index (χ2n) is 4.89. The van der Waals surface area contributed by atoms with E-state index in [1.54, 1.807) is 49.4 Å². The van der Waals surface area contributed by atoms with Gasteiger partial charge in [-0.1, -0.05) is 18.5 Å². The van der Waals surface area contributed by atoms with E-state index in [1.165, 1.54) is 0 Å². The Morgan fingerprint density at radius 3 is 2.17 bits per heavy atom. The number of hydrogen-bond donors (Lipinski definition) is 2. The molecule has 2 amide bonds. The van der Waals surface area contributed by atoms with E-state index < -0.39 is 0 Å². The van der Waals surface area contributed by atoms with Gasteiger partial charge in [-0.05, 0) is 58.4 Å². The van der Waals surface area contributed by atoms with Gasteiger partial charge in [0, 0.05) is 22.8 Å². The minimum absolute atomic E-state index is 0.0614. The van der Waals surface area contributed by atoms with Crippen LogP contribution in [0, 0.1) is 0 Å². The van der Waals surface area contributed by atoms with Crippen LogP contribution in [0.2, 0.25) is 5.02 Å². The molecular formula is C17H16BrClN2O3. The molecule has 0 aliphatic rings. The maximum atomic E-state index is 11.9. The van der Waals surface area contributed by atoms with Gasteiger partial charge < -0.3 is 15.4 Å². The van der Waals surface area contributed by atoms with Crippen molar-refractivity contribution in [2.45, 2.75) is 13.3 Å². The van der Waals surface area contributed by atoms with E-state index in [2.05, 4.69) is 26.6 Å². The van der Waals surface area contributed by atoms with E-state index in [1.807, 2.05) is 0 Å². The molecule has 0 unspecified atom stereocenters. The number of halogens is 2. The van der Waals surface area contributed by atoms with Gasteiger partial charge in [0.25, 0.3) is 5.91 Å². The summed E-state index contributed by atoms with van der Waals surface area (Å²) in [5.41, 5.74) is 1.30. The number of rotatable bonds is 6. The fraction of sp³-hybridized carbons (Fsp3) is 0.176. The van der Waals surface area contributed by atoms with E-state index in [4.69, 9.17) is 16.3 Å². The van der Waals surface area contributed by atoms with Crippen molar-refractivity contribution in [2.75, 3.05) is 17.2 Å². The van der Waals surface area contributed by atoms with Gasteiger partial charge in [0.2, 0.25) is 5.91 Å². The molecule has 2 N–H and O–H groups in total. The van der Waals surface area contributed by atoms with Crippen LogP contribution in [0.5, 0.6) is 5.75 Å². The van der Waals surface area contributed by atoms with Crippen LogP contribution in [0.3, 0.4) is 0 Å². The lowest BCUT2D eigenvalue weighted by Crippen LogP contribution is -2.20. The van der Waals surface area contributed by atoms with E-state index in [0.29, 0.717) is 33.0 Å². The van der Waals surface area contributed by atoms with Crippen molar-refractivity contribution >= 4 is 50.7 Å². The smallest absolute Gasteiger partial charge is 0.262 e. The highest BCUT2D eigenvalue weighted by atomic mass is 79.9. The standard InChI is InChI=1S/C17H16BrClN2O3/c1-2-16(22)20-12-4-6-13(7-5-12)21-17(23)10-24-15-8-3-11(19)9-14(15)18/h3-9H,2,10H2,1H3,(H,20,22)(H,21,23). The highest BCUT2D eigenvalue weighted by Gasteiger charge is 2.07. The molecule has 0 fully saturated rings. The average molecular weight is 412 g/mol. The molecule has 0 saturated heterocycles. The summed E-state index contributed by atoms with van der Waals surface area (Å²) in [6, 6.07) is 11.9. The van der Waals surface area contributed by atoms with E-state index >= 15 is 0 Å². The molecule has 0 radical (unpaired) electrons. The number of amides is 2. The van der Waals surface area contributed by atoms with Gasteiger partial charge in [0.15, 0.2) is 6.61 Å². The number of nitrogens with one attached hydrogen (secondary N) is 2. The number of benzene rings is 2. The van der Waals surface area contributed by atoms with Gasteiger partial charge in [-0.25, -0.2) is 0 Å². The highest BCUT2D eigenvalue weighted by molar-refractivity contribution is 9.10. The zero-order valence-corrected chi connectivity index (χ0v) is 15.3. The van der Waals surface area contributed by atoms with Gasteiger partial charge in [-0.2, -0.15) is 0 Å². The summed E-state index contributed by atoms with van der Waals surface area (Å²) in [5.74, 6) is 0.183. The van der Waals surface area contributed by atoms with Gasteiger partial charge >= 0.3 is 0 Å². The number of carbonyl (C=O) groups excluding carboxylic acids is 2. The predicted octanol–water partition coefficient (Wildman–Crippen LogP) is 4.47. The zero-order valence-electron chi connectivity index (χ0n) is 12.9. The lowest BCUT2D eigenvalue weighted by atomic mass is 10.2. The number of carbonyl (C=O) groups is 2. The Morgan fingerprint density at radius 2 is 1.62 bits per heavy atom. The Bertz CT molecular complexity index is 735. The normalized spacial score (nSPS) is 10.1. The van der Waals surface area contributed by atoms with Crippen LogP contribution in [0.25, 0.3) is 0 Å². The van der Waals surface area contributed by atoms with Gasteiger partial charge in [0.1, 0.15) is 5.75 Å². The molecule has 0 bridgehead atoms. The SMILES string of the molecule is CCC(=O)Nc1ccc(NC(=O)COc2ccc(Cl)cc2Br)cc1. The molecule has 2 aromatic carbocycles. The maximum absolute atomic E-state index is 11.9. The minimum Gasteiger partial charge on any atom is -0.483 e. The molecule has 0 aliphatic heterocycles. The van der Waals surface area contributed by atoms with Crippen LogP contribution in [0.4, 0.5) is 11.4 Å². The molecule has 0 heterocycles. The van der Waals surface area contributed by atoms with Crippen molar-refractivity contribution in [1.82, 2.24) is 0 Å². The number of ether oxygens (including phenoxy) is 1. The third-order valence-electron chi connectivity index (χ3n) is 3.03. The van der Waals surface area contributed by atoms with E-state index in [-0.39, 0.29) is 18.4 Å². The third kappa shape index (κ3) is 5.54. The molecule has 24 heavy (non-hydrogen) atoms. The molecule has 0 spiro atoms. The summed E-state index contributed by atoms with van der Waals surface area (Å²) < 4.78 is 6.12. The summed E-state index contributed by atoms with van der Waals surface area (Å²) in [4.78, 5) is 23.2. The van der Waals surface area contributed by atoms with Crippen LogP contribution < -0.4 is 15.4 Å². The second kappa shape index (κ2) is 8.70. The molecule has 0 aromatic heterocycles. The monoisotopic (exact) mass is 410 g/mol. The van der Waals surface area contributed by atoms with Crippen molar-refractivity contribution < 1.29 is 14.3 Å². The van der Waals surface area contributed by atoms with Crippen molar-refractivity contribution in [3.8, 4) is 5.75 Å². The van der Waals surface area contributed by atoms with Crippen molar-refractivity contribution in [3.05, 3.63) is 52.0 Å². The molecule has 7 heteroatoms. The van der Waals surface area contributed by atoms with Crippen molar-refractivity contribution in [3.63, 3.8) is 0 Å². The first kappa shape index (κ1) is 18.3. The first-order chi connectivity index (χ1) is 11.5. The molecular weight excluding hydrogens is 396 g/mol. The largest absolute Gasteiger partial charge is 0.483 e. The summed E-state index contributed by atoms with van der Waals surface area (Å²) in [7, 11) is 0. The molecule has 2 aromatic rings. The van der Waals surface area contributed by atoms with E-state index in [0.717, 1.165) is 0 Å². The van der Waals surface area contributed by atoms with Crippen LogP contribution in [-0.4, -0.2) is 18.4 Å². The number of hydrogen-bond acceptors (Lipinski definition) is 3. The Kier molecular flexibility index (Phi) is 6.63. The van der Waals surface area contributed by atoms with E-state index in [9.17, 15) is 9.59 Å². The molecule has 126 valence electrons. The molecule has 0 saturated carbocycles. The summed E-state index contributed by atoms with van der Waals surface area (Å²) in [5, 5.41) is 6.03. The lowest BCUT2D eigenvalue weighted by Gasteiger charge is -2.10. The summed E-state index contributed by atoms with van der Waals surface area (Å²) in [6.45, 7) is 1.65. The first-order valence-electron chi connectivity index (χ1n) is 7.25. The lowest BCUT2D eigenvalue weighted by molar-refractivity contribution is -0.118. The topological polar surface area (TPSA) is 67.4 Å². The van der Waals surface area contributed by atoms with Crippen LogP contribution in [-0.2, 0) is 9.59 Å². The third-order valence-corrected chi connectivity index (χ3v) is 3.88. The Labute approximate surface area is 153 Å². The number of anilines is 2. The van der Waals surface area contributed by atoms with Gasteiger partial charge in [0.05, 0.1) is 4.47 Å². The predicted molar refractivity (Wildman–Crippen MR) is 98.6 cm³/mol. The maximum Gasteiger partial charge on any atom is 0.262 e.